The maximum absolute atomic E-state index is 11.6. The minimum absolute atomic E-state index is 0. The number of carbonyl (C=O) groups excluding carboxylic acids is 1. The first kappa shape index (κ1) is 16.7. The number of rotatable bonds is 7. The van der Waals surface area contributed by atoms with Crippen LogP contribution in [0.3, 0.4) is 0 Å². The number of hydrogen-bond acceptors (Lipinski definition) is 2. The van der Waals surface area contributed by atoms with E-state index < -0.39 is 0 Å². The lowest BCUT2D eigenvalue weighted by atomic mass is 9.96. The van der Waals surface area contributed by atoms with Crippen LogP contribution in [0.4, 0.5) is 0 Å². The van der Waals surface area contributed by atoms with Gasteiger partial charge in [0.15, 0.2) is 0 Å². The molecule has 0 bridgehead atoms. The van der Waals surface area contributed by atoms with Gasteiger partial charge in [0.2, 0.25) is 5.91 Å². The van der Waals surface area contributed by atoms with E-state index in [4.69, 9.17) is 5.73 Å². The van der Waals surface area contributed by atoms with E-state index in [2.05, 4.69) is 12.2 Å². The molecule has 0 saturated heterocycles. The van der Waals surface area contributed by atoms with Crippen molar-refractivity contribution in [2.24, 2.45) is 11.7 Å². The van der Waals surface area contributed by atoms with Crippen molar-refractivity contribution in [1.29, 1.82) is 0 Å². The molecule has 17 heavy (non-hydrogen) atoms. The van der Waals surface area contributed by atoms with E-state index in [1.165, 1.54) is 38.5 Å². The average molecular weight is 263 g/mol. The Kier molecular flexibility index (Phi) is 9.56. The second-order valence-electron chi connectivity index (χ2n) is 4.90. The Labute approximate surface area is 111 Å². The van der Waals surface area contributed by atoms with E-state index in [9.17, 15) is 4.79 Å². The fourth-order valence-corrected chi connectivity index (χ4v) is 2.58. The van der Waals surface area contributed by atoms with Gasteiger partial charge in [-0.25, -0.2) is 0 Å². The van der Waals surface area contributed by atoms with Crippen LogP contribution in [0.15, 0.2) is 0 Å². The summed E-state index contributed by atoms with van der Waals surface area (Å²) < 4.78 is 0. The predicted octanol–water partition coefficient (Wildman–Crippen LogP) is 2.62. The van der Waals surface area contributed by atoms with Crippen molar-refractivity contribution < 1.29 is 4.79 Å². The van der Waals surface area contributed by atoms with E-state index in [1.54, 1.807) is 0 Å². The Morgan fingerprint density at radius 1 is 1.35 bits per heavy atom. The molecule has 0 aliphatic heterocycles. The molecule has 1 rings (SSSR count). The molecule has 0 spiro atoms. The van der Waals surface area contributed by atoms with Gasteiger partial charge < -0.3 is 11.1 Å². The number of halogens is 1. The highest BCUT2D eigenvalue weighted by atomic mass is 35.5. The Balaban J connectivity index is 0.00000256. The number of hydrogen-bond donors (Lipinski definition) is 2. The van der Waals surface area contributed by atoms with Crippen LogP contribution in [0, 0.1) is 5.92 Å². The third kappa shape index (κ3) is 6.27. The standard InChI is InChI=1S/C13H26N2O.ClH/c1-2-3-6-11-7-4-8-12(11)15-13(16)9-5-10-14;/h11-12H,2-10,14H2,1H3,(H,15,16);1H. The van der Waals surface area contributed by atoms with E-state index in [0.717, 1.165) is 12.3 Å². The van der Waals surface area contributed by atoms with Gasteiger partial charge in [0.1, 0.15) is 0 Å². The Hall–Kier alpha value is -0.280. The second-order valence-corrected chi connectivity index (χ2v) is 4.90. The number of unbranched alkanes of at least 4 members (excludes halogenated alkanes) is 1. The summed E-state index contributed by atoms with van der Waals surface area (Å²) >= 11 is 0. The zero-order chi connectivity index (χ0) is 11.8. The molecule has 3 N–H and O–H groups in total. The van der Waals surface area contributed by atoms with Crippen LogP contribution >= 0.6 is 12.4 Å². The minimum Gasteiger partial charge on any atom is -0.353 e. The molecule has 1 aliphatic carbocycles. The number of nitrogens with two attached hydrogens (primary N) is 1. The van der Waals surface area contributed by atoms with Crippen LogP contribution < -0.4 is 11.1 Å². The van der Waals surface area contributed by atoms with Gasteiger partial charge in [-0.2, -0.15) is 0 Å². The van der Waals surface area contributed by atoms with Gasteiger partial charge in [-0.15, -0.1) is 12.4 Å². The van der Waals surface area contributed by atoms with Crippen molar-refractivity contribution in [1.82, 2.24) is 5.32 Å². The van der Waals surface area contributed by atoms with Crippen molar-refractivity contribution in [3.8, 4) is 0 Å². The highest BCUT2D eigenvalue weighted by Gasteiger charge is 2.27. The van der Waals surface area contributed by atoms with Crippen LogP contribution in [0.25, 0.3) is 0 Å². The van der Waals surface area contributed by atoms with Crippen molar-refractivity contribution in [2.45, 2.75) is 64.3 Å². The molecule has 2 unspecified atom stereocenters. The molecule has 1 amide bonds. The van der Waals surface area contributed by atoms with Gasteiger partial charge in [-0.3, -0.25) is 4.79 Å². The molecular formula is C13H27ClN2O. The summed E-state index contributed by atoms with van der Waals surface area (Å²) in [7, 11) is 0. The molecule has 4 heteroatoms. The molecule has 0 aromatic rings. The van der Waals surface area contributed by atoms with E-state index in [1.807, 2.05) is 0 Å². The molecule has 102 valence electrons. The van der Waals surface area contributed by atoms with Crippen LogP contribution in [0.2, 0.25) is 0 Å². The minimum atomic E-state index is 0. The first-order valence-electron chi connectivity index (χ1n) is 6.77. The van der Waals surface area contributed by atoms with Gasteiger partial charge in [0.05, 0.1) is 0 Å². The number of nitrogens with one attached hydrogen (secondary N) is 1. The lowest BCUT2D eigenvalue weighted by Gasteiger charge is -2.20. The van der Waals surface area contributed by atoms with E-state index in [-0.39, 0.29) is 18.3 Å². The molecule has 1 saturated carbocycles. The number of carbonyl (C=O) groups is 1. The topological polar surface area (TPSA) is 55.1 Å². The predicted molar refractivity (Wildman–Crippen MR) is 74.3 cm³/mol. The maximum Gasteiger partial charge on any atom is 0.220 e. The fraction of sp³-hybridized carbons (Fsp3) is 0.923. The van der Waals surface area contributed by atoms with Crippen LogP contribution in [0.5, 0.6) is 0 Å². The van der Waals surface area contributed by atoms with Crippen molar-refractivity contribution in [3.63, 3.8) is 0 Å². The van der Waals surface area contributed by atoms with Crippen LogP contribution in [0.1, 0.15) is 58.3 Å². The summed E-state index contributed by atoms with van der Waals surface area (Å²) in [6, 6.07) is 0.442. The average Bonchev–Trinajstić information content (AvgIpc) is 2.71. The van der Waals surface area contributed by atoms with Gasteiger partial charge >= 0.3 is 0 Å². The second kappa shape index (κ2) is 9.72. The van der Waals surface area contributed by atoms with Crippen molar-refractivity contribution in [3.05, 3.63) is 0 Å². The quantitative estimate of drug-likeness (QED) is 0.741. The van der Waals surface area contributed by atoms with Crippen molar-refractivity contribution >= 4 is 18.3 Å². The Morgan fingerprint density at radius 2 is 2.12 bits per heavy atom. The van der Waals surface area contributed by atoms with Crippen LogP contribution in [-0.4, -0.2) is 18.5 Å². The smallest absolute Gasteiger partial charge is 0.220 e. The molecule has 0 heterocycles. The van der Waals surface area contributed by atoms with Gasteiger partial charge in [0, 0.05) is 12.5 Å². The zero-order valence-electron chi connectivity index (χ0n) is 10.9. The number of amides is 1. The van der Waals surface area contributed by atoms with Gasteiger partial charge in [-0.1, -0.05) is 26.2 Å². The molecule has 0 radical (unpaired) electrons. The largest absolute Gasteiger partial charge is 0.353 e. The SMILES string of the molecule is CCCCC1CCCC1NC(=O)CCCN.Cl. The fourth-order valence-electron chi connectivity index (χ4n) is 2.58. The first-order valence-corrected chi connectivity index (χ1v) is 6.77. The van der Waals surface area contributed by atoms with Gasteiger partial charge in [0.25, 0.3) is 0 Å². The normalized spacial score (nSPS) is 23.2. The Bertz CT molecular complexity index is 212. The summed E-state index contributed by atoms with van der Waals surface area (Å²) in [6.07, 6.45) is 8.95. The molecule has 0 aromatic carbocycles. The molecule has 0 aromatic heterocycles. The highest BCUT2D eigenvalue weighted by molar-refractivity contribution is 5.85. The molecular weight excluding hydrogens is 236 g/mol. The van der Waals surface area contributed by atoms with Crippen LogP contribution in [-0.2, 0) is 4.79 Å². The summed E-state index contributed by atoms with van der Waals surface area (Å²) in [4.78, 5) is 11.6. The molecule has 1 fully saturated rings. The van der Waals surface area contributed by atoms with E-state index >= 15 is 0 Å². The van der Waals surface area contributed by atoms with E-state index in [0.29, 0.717) is 19.0 Å². The lowest BCUT2D eigenvalue weighted by Crippen LogP contribution is -2.37. The maximum atomic E-state index is 11.6. The third-order valence-electron chi connectivity index (χ3n) is 3.54. The summed E-state index contributed by atoms with van der Waals surface area (Å²) in [6.45, 7) is 2.83. The zero-order valence-corrected chi connectivity index (χ0v) is 11.7. The first-order chi connectivity index (χ1) is 7.77. The molecule has 3 nitrogen and oxygen atoms in total. The highest BCUT2D eigenvalue weighted by Crippen LogP contribution is 2.29. The monoisotopic (exact) mass is 262 g/mol. The molecule has 1 aliphatic rings. The van der Waals surface area contributed by atoms with Crippen molar-refractivity contribution in [2.75, 3.05) is 6.54 Å². The molecule has 2 atom stereocenters. The summed E-state index contributed by atoms with van der Waals surface area (Å²) in [5, 5.41) is 3.18. The summed E-state index contributed by atoms with van der Waals surface area (Å²) in [5.74, 6) is 0.917. The van der Waals surface area contributed by atoms with Gasteiger partial charge in [-0.05, 0) is 38.1 Å². The third-order valence-corrected chi connectivity index (χ3v) is 3.54. The Morgan fingerprint density at radius 3 is 2.76 bits per heavy atom. The summed E-state index contributed by atoms with van der Waals surface area (Å²) in [5.41, 5.74) is 5.40. The lowest BCUT2D eigenvalue weighted by molar-refractivity contribution is -0.122.